The highest BCUT2D eigenvalue weighted by atomic mass is 16.4. The summed E-state index contributed by atoms with van der Waals surface area (Å²) in [4.78, 5) is 10.9. The van der Waals surface area contributed by atoms with Crippen LogP contribution in [-0.2, 0) is 4.79 Å². The molecule has 1 aromatic carbocycles. The Hall–Kier alpha value is -1.75. The molecule has 110 valence electrons. The maximum atomic E-state index is 10.9. The van der Waals surface area contributed by atoms with E-state index in [-0.39, 0.29) is 29.5 Å². The third kappa shape index (κ3) is 3.42. The van der Waals surface area contributed by atoms with E-state index in [0.29, 0.717) is 18.4 Å². The molecule has 0 amide bonds. The summed E-state index contributed by atoms with van der Waals surface area (Å²) in [5.74, 6) is -0.650. The second-order valence-electron chi connectivity index (χ2n) is 5.52. The number of aliphatic carboxylic acids is 1. The molecule has 0 aliphatic heterocycles. The molecule has 0 heterocycles. The molecule has 1 aliphatic carbocycles. The van der Waals surface area contributed by atoms with E-state index in [9.17, 15) is 15.0 Å². The SMILES string of the molecule is CC(NC1CCC(C(=O)O)CC1)c1cc(O)ccc1O. The van der Waals surface area contributed by atoms with Gasteiger partial charge in [0.1, 0.15) is 11.5 Å². The number of hydrogen-bond acceptors (Lipinski definition) is 4. The number of benzene rings is 1. The van der Waals surface area contributed by atoms with Gasteiger partial charge in [-0.3, -0.25) is 4.79 Å². The molecule has 0 aromatic heterocycles. The highest BCUT2D eigenvalue weighted by Gasteiger charge is 2.27. The van der Waals surface area contributed by atoms with Crippen LogP contribution in [-0.4, -0.2) is 27.3 Å². The third-order valence-electron chi connectivity index (χ3n) is 4.04. The topological polar surface area (TPSA) is 89.8 Å². The van der Waals surface area contributed by atoms with Crippen LogP contribution in [0.3, 0.4) is 0 Å². The van der Waals surface area contributed by atoms with Crippen LogP contribution in [0.15, 0.2) is 18.2 Å². The lowest BCUT2D eigenvalue weighted by Gasteiger charge is -2.29. The summed E-state index contributed by atoms with van der Waals surface area (Å²) in [6.45, 7) is 1.93. The van der Waals surface area contributed by atoms with Gasteiger partial charge < -0.3 is 20.6 Å². The van der Waals surface area contributed by atoms with Crippen molar-refractivity contribution in [1.82, 2.24) is 5.32 Å². The van der Waals surface area contributed by atoms with E-state index < -0.39 is 5.97 Å². The van der Waals surface area contributed by atoms with Crippen LogP contribution in [0, 0.1) is 5.92 Å². The fraction of sp³-hybridized carbons (Fsp3) is 0.533. The van der Waals surface area contributed by atoms with Gasteiger partial charge in [-0.15, -0.1) is 0 Å². The Morgan fingerprint density at radius 2 is 1.90 bits per heavy atom. The van der Waals surface area contributed by atoms with E-state index >= 15 is 0 Å². The molecule has 0 saturated heterocycles. The zero-order valence-electron chi connectivity index (χ0n) is 11.5. The van der Waals surface area contributed by atoms with Crippen molar-refractivity contribution in [2.45, 2.75) is 44.7 Å². The average Bonchev–Trinajstić information content (AvgIpc) is 2.42. The lowest BCUT2D eigenvalue weighted by atomic mass is 9.85. The molecule has 5 heteroatoms. The molecule has 0 radical (unpaired) electrons. The molecular weight excluding hydrogens is 258 g/mol. The first-order valence-electron chi connectivity index (χ1n) is 6.98. The predicted molar refractivity (Wildman–Crippen MR) is 74.7 cm³/mol. The van der Waals surface area contributed by atoms with Crippen LogP contribution in [0.1, 0.15) is 44.2 Å². The quantitative estimate of drug-likeness (QED) is 0.635. The van der Waals surface area contributed by atoms with Gasteiger partial charge in [-0.25, -0.2) is 0 Å². The predicted octanol–water partition coefficient (Wildman–Crippen LogP) is 2.39. The molecule has 1 unspecified atom stereocenters. The highest BCUT2D eigenvalue weighted by Crippen LogP contribution is 2.30. The number of carboxylic acids is 1. The van der Waals surface area contributed by atoms with Crippen molar-refractivity contribution in [2.75, 3.05) is 0 Å². The summed E-state index contributed by atoms with van der Waals surface area (Å²) in [6.07, 6.45) is 3.01. The molecule has 1 atom stereocenters. The second kappa shape index (κ2) is 6.13. The van der Waals surface area contributed by atoms with Gasteiger partial charge in [-0.05, 0) is 50.8 Å². The maximum Gasteiger partial charge on any atom is 0.306 e. The maximum absolute atomic E-state index is 10.9. The first-order chi connectivity index (χ1) is 9.47. The first-order valence-corrected chi connectivity index (χ1v) is 6.98. The molecule has 0 bridgehead atoms. The largest absolute Gasteiger partial charge is 0.508 e. The van der Waals surface area contributed by atoms with Gasteiger partial charge in [0.2, 0.25) is 0 Å². The van der Waals surface area contributed by atoms with Crippen LogP contribution in [0.25, 0.3) is 0 Å². The summed E-state index contributed by atoms with van der Waals surface area (Å²) in [5.41, 5.74) is 0.658. The number of carbonyl (C=O) groups is 1. The van der Waals surface area contributed by atoms with Crippen molar-refractivity contribution in [3.8, 4) is 11.5 Å². The lowest BCUT2D eigenvalue weighted by molar-refractivity contribution is -0.142. The standard InChI is InChI=1S/C15H21NO4/c1-9(13-8-12(17)6-7-14(13)18)16-11-4-2-10(3-5-11)15(19)20/h6-11,16-18H,2-5H2,1H3,(H,19,20). The molecule has 1 aliphatic rings. The zero-order valence-corrected chi connectivity index (χ0v) is 11.5. The van der Waals surface area contributed by atoms with Crippen LogP contribution in [0.5, 0.6) is 11.5 Å². The lowest BCUT2D eigenvalue weighted by Crippen LogP contribution is -2.36. The highest BCUT2D eigenvalue weighted by molar-refractivity contribution is 5.70. The van der Waals surface area contributed by atoms with E-state index in [4.69, 9.17) is 5.11 Å². The number of phenolic OH excluding ortho intramolecular Hbond substituents is 2. The average molecular weight is 279 g/mol. The first kappa shape index (κ1) is 14.7. The number of phenols is 2. The molecule has 2 rings (SSSR count). The Bertz CT molecular complexity index is 481. The van der Waals surface area contributed by atoms with Gasteiger partial charge in [0, 0.05) is 17.6 Å². The van der Waals surface area contributed by atoms with E-state index in [2.05, 4.69) is 5.32 Å². The Labute approximate surface area is 118 Å². The molecule has 1 fully saturated rings. The summed E-state index contributed by atoms with van der Waals surface area (Å²) >= 11 is 0. The van der Waals surface area contributed by atoms with Crippen molar-refractivity contribution in [3.05, 3.63) is 23.8 Å². The molecule has 5 nitrogen and oxygen atoms in total. The molecular formula is C15H21NO4. The van der Waals surface area contributed by atoms with E-state index in [1.54, 1.807) is 6.07 Å². The minimum absolute atomic E-state index is 0.0894. The summed E-state index contributed by atoms with van der Waals surface area (Å²) in [5, 5.41) is 31.7. The van der Waals surface area contributed by atoms with Crippen molar-refractivity contribution in [3.63, 3.8) is 0 Å². The van der Waals surface area contributed by atoms with Gasteiger partial charge in [0.25, 0.3) is 0 Å². The van der Waals surface area contributed by atoms with Crippen molar-refractivity contribution in [1.29, 1.82) is 0 Å². The van der Waals surface area contributed by atoms with Crippen LogP contribution < -0.4 is 5.32 Å². The van der Waals surface area contributed by atoms with Crippen LogP contribution in [0.4, 0.5) is 0 Å². The number of nitrogens with one attached hydrogen (secondary N) is 1. The van der Waals surface area contributed by atoms with Crippen LogP contribution in [0.2, 0.25) is 0 Å². The van der Waals surface area contributed by atoms with Crippen molar-refractivity contribution in [2.24, 2.45) is 5.92 Å². The zero-order chi connectivity index (χ0) is 14.7. The normalized spacial score (nSPS) is 24.2. The second-order valence-corrected chi connectivity index (χ2v) is 5.52. The van der Waals surface area contributed by atoms with Gasteiger partial charge >= 0.3 is 5.97 Å². The molecule has 4 N–H and O–H groups in total. The van der Waals surface area contributed by atoms with Crippen molar-refractivity contribution >= 4 is 5.97 Å². The Morgan fingerprint density at radius 3 is 2.50 bits per heavy atom. The molecule has 1 aromatic rings. The van der Waals surface area contributed by atoms with Gasteiger partial charge in [0.05, 0.1) is 5.92 Å². The molecule has 1 saturated carbocycles. The summed E-state index contributed by atoms with van der Waals surface area (Å²) < 4.78 is 0. The smallest absolute Gasteiger partial charge is 0.306 e. The van der Waals surface area contributed by atoms with E-state index in [1.807, 2.05) is 6.92 Å². The molecule has 20 heavy (non-hydrogen) atoms. The van der Waals surface area contributed by atoms with Gasteiger partial charge in [-0.1, -0.05) is 0 Å². The Balaban J connectivity index is 1.94. The summed E-state index contributed by atoms with van der Waals surface area (Å²) in [6, 6.07) is 4.64. The number of carboxylic acid groups (broad SMARTS) is 1. The minimum Gasteiger partial charge on any atom is -0.508 e. The third-order valence-corrected chi connectivity index (χ3v) is 4.04. The fourth-order valence-corrected chi connectivity index (χ4v) is 2.84. The summed E-state index contributed by atoms with van der Waals surface area (Å²) in [7, 11) is 0. The molecule has 0 spiro atoms. The van der Waals surface area contributed by atoms with E-state index in [1.165, 1.54) is 12.1 Å². The number of hydrogen-bond donors (Lipinski definition) is 4. The van der Waals surface area contributed by atoms with Gasteiger partial charge in [-0.2, -0.15) is 0 Å². The Kier molecular flexibility index (Phi) is 4.49. The van der Waals surface area contributed by atoms with Crippen LogP contribution >= 0.6 is 0 Å². The van der Waals surface area contributed by atoms with E-state index in [0.717, 1.165) is 12.8 Å². The number of rotatable bonds is 4. The Morgan fingerprint density at radius 1 is 1.25 bits per heavy atom. The fourth-order valence-electron chi connectivity index (χ4n) is 2.84. The monoisotopic (exact) mass is 279 g/mol. The van der Waals surface area contributed by atoms with Crippen molar-refractivity contribution < 1.29 is 20.1 Å². The van der Waals surface area contributed by atoms with Gasteiger partial charge in [0.15, 0.2) is 0 Å². The number of aromatic hydroxyl groups is 2. The minimum atomic E-state index is -0.706.